The summed E-state index contributed by atoms with van der Waals surface area (Å²) in [5, 5.41) is 10.3. The summed E-state index contributed by atoms with van der Waals surface area (Å²) in [5.41, 5.74) is 1.21. The lowest BCUT2D eigenvalue weighted by atomic mass is 10.2. The summed E-state index contributed by atoms with van der Waals surface area (Å²) in [6.07, 6.45) is 13.3. The molecular weight excluding hydrogens is 224 g/mol. The van der Waals surface area contributed by atoms with Crippen molar-refractivity contribution in [3.05, 3.63) is 30.2 Å². The van der Waals surface area contributed by atoms with Crippen LogP contribution in [-0.2, 0) is 7.05 Å². The van der Waals surface area contributed by atoms with Gasteiger partial charge in [0.25, 0.3) is 0 Å². The Morgan fingerprint density at radius 2 is 1.94 bits per heavy atom. The predicted octanol–water partition coefficient (Wildman–Crippen LogP) is 1.98. The summed E-state index contributed by atoms with van der Waals surface area (Å²) in [5.74, 6) is 0. The molecule has 4 heteroatoms. The largest absolute Gasteiger partial charge is 0.391 e. The number of hydrogen-bond donors (Lipinski definition) is 2. The van der Waals surface area contributed by atoms with Crippen LogP contribution in [0.15, 0.2) is 24.7 Å². The third-order valence-corrected chi connectivity index (χ3v) is 2.73. The molecule has 0 spiro atoms. The van der Waals surface area contributed by atoms with E-state index in [0.29, 0.717) is 0 Å². The maximum Gasteiger partial charge on any atom is 0.0518 e. The minimum absolute atomic E-state index is 1.14. The van der Waals surface area contributed by atoms with Crippen molar-refractivity contribution in [1.29, 1.82) is 0 Å². The molecule has 0 saturated carbocycles. The smallest absolute Gasteiger partial charge is 0.0518 e. The van der Waals surface area contributed by atoms with Crippen molar-refractivity contribution in [3.8, 4) is 0 Å². The van der Waals surface area contributed by atoms with Crippen molar-refractivity contribution in [2.45, 2.75) is 32.6 Å². The standard InChI is InChI=1S/C5H8N2.C5H11N.C4H7N/c1-5-3-6-7(2)4-5;1-2-4-6-5-3-1;1-2-4-5-3-1/h3-4H,1-2H3;6H,1-5H2;1,3,5H,2,4H2. The zero-order valence-electron chi connectivity index (χ0n) is 11.7. The highest BCUT2D eigenvalue weighted by Crippen LogP contribution is 1.96. The van der Waals surface area contributed by atoms with Crippen LogP contribution in [0.1, 0.15) is 31.2 Å². The van der Waals surface area contributed by atoms with Crippen LogP contribution < -0.4 is 10.6 Å². The molecule has 3 heterocycles. The first-order valence-electron chi connectivity index (χ1n) is 6.83. The molecule has 4 nitrogen and oxygen atoms in total. The van der Waals surface area contributed by atoms with E-state index in [-0.39, 0.29) is 0 Å². The lowest BCUT2D eigenvalue weighted by molar-refractivity contribution is 0.520. The fourth-order valence-electron chi connectivity index (χ4n) is 1.76. The van der Waals surface area contributed by atoms with Gasteiger partial charge in [-0.05, 0) is 51.0 Å². The summed E-state index contributed by atoms with van der Waals surface area (Å²) >= 11 is 0. The zero-order valence-corrected chi connectivity index (χ0v) is 11.7. The van der Waals surface area contributed by atoms with Crippen LogP contribution in [0.2, 0.25) is 0 Å². The molecule has 18 heavy (non-hydrogen) atoms. The SMILES string of the molecule is C1=CNCC1.C1CCNCC1.Cc1cnn(C)c1. The average molecular weight is 250 g/mol. The second-order valence-corrected chi connectivity index (χ2v) is 4.65. The predicted molar refractivity (Wildman–Crippen MR) is 76.4 cm³/mol. The van der Waals surface area contributed by atoms with E-state index in [1.807, 2.05) is 32.6 Å². The van der Waals surface area contributed by atoms with Gasteiger partial charge in [0.15, 0.2) is 0 Å². The maximum atomic E-state index is 3.93. The fraction of sp³-hybridized carbons (Fsp3) is 0.643. The monoisotopic (exact) mass is 250 g/mol. The Morgan fingerprint density at radius 3 is 2.11 bits per heavy atom. The molecule has 0 radical (unpaired) electrons. The van der Waals surface area contributed by atoms with Gasteiger partial charge in [-0.3, -0.25) is 4.68 Å². The Morgan fingerprint density at radius 1 is 1.17 bits per heavy atom. The Balaban J connectivity index is 0.000000137. The molecule has 102 valence electrons. The highest BCUT2D eigenvalue weighted by atomic mass is 15.2. The van der Waals surface area contributed by atoms with E-state index < -0.39 is 0 Å². The molecule has 0 aliphatic carbocycles. The lowest BCUT2D eigenvalue weighted by Gasteiger charge is -2.08. The first-order chi connectivity index (χ1) is 8.79. The van der Waals surface area contributed by atoms with Gasteiger partial charge in [0, 0.05) is 19.8 Å². The van der Waals surface area contributed by atoms with Crippen LogP contribution in [0.25, 0.3) is 0 Å². The van der Waals surface area contributed by atoms with Gasteiger partial charge in [-0.25, -0.2) is 0 Å². The molecule has 2 aliphatic rings. The summed E-state index contributed by atoms with van der Waals surface area (Å²) in [4.78, 5) is 0. The minimum atomic E-state index is 1.14. The Bertz CT molecular complexity index is 292. The number of hydrogen-bond acceptors (Lipinski definition) is 3. The highest BCUT2D eigenvalue weighted by molar-refractivity contribution is 4.98. The lowest BCUT2D eigenvalue weighted by Crippen LogP contribution is -2.21. The van der Waals surface area contributed by atoms with Crippen LogP contribution in [-0.4, -0.2) is 29.4 Å². The molecule has 0 unspecified atom stereocenters. The second kappa shape index (κ2) is 9.71. The third-order valence-electron chi connectivity index (χ3n) is 2.73. The molecule has 1 saturated heterocycles. The van der Waals surface area contributed by atoms with Crippen LogP contribution in [0.4, 0.5) is 0 Å². The number of nitrogens with zero attached hydrogens (tertiary/aromatic N) is 2. The van der Waals surface area contributed by atoms with E-state index in [1.165, 1.54) is 44.3 Å². The zero-order chi connectivity index (χ0) is 13.1. The van der Waals surface area contributed by atoms with Crippen LogP contribution in [0.5, 0.6) is 0 Å². The van der Waals surface area contributed by atoms with E-state index in [9.17, 15) is 0 Å². The molecule has 0 bridgehead atoms. The van der Waals surface area contributed by atoms with Gasteiger partial charge in [0.1, 0.15) is 0 Å². The fourth-order valence-corrected chi connectivity index (χ4v) is 1.76. The van der Waals surface area contributed by atoms with E-state index in [1.54, 1.807) is 4.68 Å². The summed E-state index contributed by atoms with van der Waals surface area (Å²) in [6, 6.07) is 0. The molecule has 0 atom stereocenters. The highest BCUT2D eigenvalue weighted by Gasteiger charge is 1.93. The van der Waals surface area contributed by atoms with Crippen molar-refractivity contribution >= 4 is 0 Å². The molecular formula is C14H26N4. The topological polar surface area (TPSA) is 41.9 Å². The number of nitrogens with one attached hydrogen (secondary N) is 2. The van der Waals surface area contributed by atoms with Gasteiger partial charge in [-0.1, -0.05) is 12.5 Å². The first kappa shape index (κ1) is 14.8. The van der Waals surface area contributed by atoms with Crippen molar-refractivity contribution in [3.63, 3.8) is 0 Å². The third kappa shape index (κ3) is 7.90. The van der Waals surface area contributed by atoms with Crippen molar-refractivity contribution < 1.29 is 0 Å². The van der Waals surface area contributed by atoms with Gasteiger partial charge in [0.05, 0.1) is 6.20 Å². The normalized spacial score (nSPS) is 17.0. The molecule has 2 N–H and O–H groups in total. The average Bonchev–Trinajstić information content (AvgIpc) is 3.07. The molecule has 1 fully saturated rings. The van der Waals surface area contributed by atoms with Crippen LogP contribution in [0.3, 0.4) is 0 Å². The summed E-state index contributed by atoms with van der Waals surface area (Å²) in [6.45, 7) is 5.66. The van der Waals surface area contributed by atoms with E-state index in [0.717, 1.165) is 6.54 Å². The van der Waals surface area contributed by atoms with Crippen molar-refractivity contribution in [1.82, 2.24) is 20.4 Å². The van der Waals surface area contributed by atoms with Gasteiger partial charge >= 0.3 is 0 Å². The van der Waals surface area contributed by atoms with Gasteiger partial charge in [0.2, 0.25) is 0 Å². The Labute approximate surface area is 110 Å². The molecule has 3 rings (SSSR count). The molecule has 0 amide bonds. The minimum Gasteiger partial charge on any atom is -0.391 e. The van der Waals surface area contributed by atoms with Crippen LogP contribution >= 0.6 is 0 Å². The second-order valence-electron chi connectivity index (χ2n) is 4.65. The number of piperidine rings is 1. The van der Waals surface area contributed by atoms with Gasteiger partial charge in [-0.15, -0.1) is 0 Å². The van der Waals surface area contributed by atoms with E-state index in [2.05, 4.69) is 21.8 Å². The summed E-state index contributed by atoms with van der Waals surface area (Å²) in [7, 11) is 1.91. The molecule has 1 aromatic heterocycles. The van der Waals surface area contributed by atoms with E-state index in [4.69, 9.17) is 0 Å². The van der Waals surface area contributed by atoms with E-state index >= 15 is 0 Å². The van der Waals surface area contributed by atoms with Crippen LogP contribution in [0, 0.1) is 6.92 Å². The van der Waals surface area contributed by atoms with Crippen molar-refractivity contribution in [2.24, 2.45) is 7.05 Å². The molecule has 0 aromatic carbocycles. The first-order valence-corrected chi connectivity index (χ1v) is 6.83. The molecule has 2 aliphatic heterocycles. The quantitative estimate of drug-likeness (QED) is 0.740. The molecule has 1 aromatic rings. The number of aromatic nitrogens is 2. The van der Waals surface area contributed by atoms with Gasteiger partial charge in [-0.2, -0.15) is 5.10 Å². The maximum absolute atomic E-state index is 3.93. The van der Waals surface area contributed by atoms with Gasteiger partial charge < -0.3 is 10.6 Å². The van der Waals surface area contributed by atoms with Crippen molar-refractivity contribution in [2.75, 3.05) is 19.6 Å². The Kier molecular flexibility index (Phi) is 7.97. The number of rotatable bonds is 0. The Hall–Kier alpha value is -1.29. The number of aryl methyl sites for hydroxylation is 2. The summed E-state index contributed by atoms with van der Waals surface area (Å²) < 4.78 is 1.79.